The number of aryl methyl sites for hydroxylation is 1. The standard InChI is InChI=1S/C20H19FN6O3/c1-26-24-19(23-25-26)16-7-4-12(9-22-16)14-6-5-13(8-15(14)21)27-10-17(30-20(27)29)18(28)11-2-3-11/h4-9,11,17-18,28H,2-3,10H2,1H3. The molecule has 3 aromatic rings. The van der Waals surface area contributed by atoms with E-state index in [0.717, 1.165) is 12.8 Å². The third-order valence-electron chi connectivity index (χ3n) is 5.40. The van der Waals surface area contributed by atoms with Gasteiger partial charge in [0.1, 0.15) is 17.6 Å². The quantitative estimate of drug-likeness (QED) is 0.687. The number of hydrogen-bond donors (Lipinski definition) is 1. The Kier molecular flexibility index (Phi) is 4.43. The average molecular weight is 410 g/mol. The number of ether oxygens (including phenoxy) is 1. The van der Waals surface area contributed by atoms with E-state index < -0.39 is 24.1 Å². The third-order valence-corrected chi connectivity index (χ3v) is 5.40. The fourth-order valence-electron chi connectivity index (χ4n) is 3.59. The number of aromatic nitrogens is 5. The number of pyridine rings is 1. The Hall–Kier alpha value is -3.40. The minimum absolute atomic E-state index is 0.189. The molecule has 2 aromatic heterocycles. The highest BCUT2D eigenvalue weighted by molar-refractivity contribution is 5.90. The lowest BCUT2D eigenvalue weighted by molar-refractivity contribution is 0.0200. The number of anilines is 1. The van der Waals surface area contributed by atoms with Crippen molar-refractivity contribution in [2.75, 3.05) is 11.4 Å². The van der Waals surface area contributed by atoms with Gasteiger partial charge in [0.05, 0.1) is 25.4 Å². The van der Waals surface area contributed by atoms with Crippen LogP contribution in [0.5, 0.6) is 0 Å². The van der Waals surface area contributed by atoms with Crippen molar-refractivity contribution in [3.8, 4) is 22.6 Å². The highest BCUT2D eigenvalue weighted by atomic mass is 19.1. The van der Waals surface area contributed by atoms with Crippen LogP contribution in [0.2, 0.25) is 0 Å². The van der Waals surface area contributed by atoms with Crippen molar-refractivity contribution in [3.63, 3.8) is 0 Å². The van der Waals surface area contributed by atoms with E-state index in [1.54, 1.807) is 31.3 Å². The van der Waals surface area contributed by atoms with E-state index in [4.69, 9.17) is 4.74 Å². The number of carbonyl (C=O) groups excluding carboxylic acids is 1. The molecule has 154 valence electrons. The van der Waals surface area contributed by atoms with Crippen LogP contribution in [0.1, 0.15) is 12.8 Å². The van der Waals surface area contributed by atoms with Gasteiger partial charge in [0.2, 0.25) is 5.82 Å². The van der Waals surface area contributed by atoms with Gasteiger partial charge in [-0.1, -0.05) is 6.07 Å². The Morgan fingerprint density at radius 1 is 1.27 bits per heavy atom. The molecule has 10 heteroatoms. The topological polar surface area (TPSA) is 106 Å². The Labute approximate surface area is 171 Å². The van der Waals surface area contributed by atoms with E-state index >= 15 is 0 Å². The zero-order chi connectivity index (χ0) is 20.8. The molecule has 2 fully saturated rings. The molecule has 1 aromatic carbocycles. The van der Waals surface area contributed by atoms with Crippen molar-refractivity contribution in [2.45, 2.75) is 25.0 Å². The molecule has 1 aliphatic heterocycles. The van der Waals surface area contributed by atoms with Gasteiger partial charge in [-0.2, -0.15) is 4.80 Å². The van der Waals surface area contributed by atoms with Gasteiger partial charge in [-0.15, -0.1) is 10.2 Å². The fourth-order valence-corrected chi connectivity index (χ4v) is 3.59. The summed E-state index contributed by atoms with van der Waals surface area (Å²) in [7, 11) is 1.66. The number of aliphatic hydroxyl groups excluding tert-OH is 1. The van der Waals surface area contributed by atoms with Gasteiger partial charge in [0.25, 0.3) is 0 Å². The molecule has 30 heavy (non-hydrogen) atoms. The summed E-state index contributed by atoms with van der Waals surface area (Å²) in [6, 6.07) is 7.97. The molecule has 9 nitrogen and oxygen atoms in total. The molecule has 1 amide bonds. The van der Waals surface area contributed by atoms with Crippen molar-refractivity contribution in [1.29, 1.82) is 0 Å². The van der Waals surface area contributed by atoms with Crippen molar-refractivity contribution in [3.05, 3.63) is 42.3 Å². The highest BCUT2D eigenvalue weighted by Crippen LogP contribution is 2.37. The first-order chi connectivity index (χ1) is 14.5. The van der Waals surface area contributed by atoms with E-state index in [1.165, 1.54) is 22.0 Å². The summed E-state index contributed by atoms with van der Waals surface area (Å²) in [5.41, 5.74) is 1.86. The summed E-state index contributed by atoms with van der Waals surface area (Å²) in [5.74, 6) is 0.0865. The molecule has 3 heterocycles. The molecule has 2 unspecified atom stereocenters. The molecule has 2 aliphatic rings. The first-order valence-corrected chi connectivity index (χ1v) is 9.66. The normalized spacial score (nSPS) is 19.8. The maximum atomic E-state index is 14.8. The number of nitrogens with zero attached hydrogens (tertiary/aromatic N) is 6. The number of tetrazole rings is 1. The Bertz CT molecular complexity index is 1100. The van der Waals surface area contributed by atoms with Crippen LogP contribution in [0.4, 0.5) is 14.9 Å². The van der Waals surface area contributed by atoms with Crippen LogP contribution in [0, 0.1) is 11.7 Å². The fraction of sp³-hybridized carbons (Fsp3) is 0.350. The van der Waals surface area contributed by atoms with Crippen LogP contribution in [-0.2, 0) is 11.8 Å². The highest BCUT2D eigenvalue weighted by Gasteiger charge is 2.43. The summed E-state index contributed by atoms with van der Waals surface area (Å²) < 4.78 is 20.1. The number of aliphatic hydroxyl groups is 1. The lowest BCUT2D eigenvalue weighted by atomic mass is 10.1. The molecular weight excluding hydrogens is 391 g/mol. The lowest BCUT2D eigenvalue weighted by Crippen LogP contribution is -2.32. The van der Waals surface area contributed by atoms with Gasteiger partial charge in [-0.05, 0) is 48.2 Å². The maximum absolute atomic E-state index is 14.8. The Morgan fingerprint density at radius 3 is 2.73 bits per heavy atom. The van der Waals surface area contributed by atoms with Crippen LogP contribution in [-0.4, -0.2) is 55.1 Å². The minimum Gasteiger partial charge on any atom is -0.441 e. The summed E-state index contributed by atoms with van der Waals surface area (Å²) in [5, 5.41) is 22.0. The average Bonchev–Trinajstić information content (AvgIpc) is 3.39. The van der Waals surface area contributed by atoms with Crippen molar-refractivity contribution in [2.24, 2.45) is 13.0 Å². The minimum atomic E-state index is -0.670. The van der Waals surface area contributed by atoms with E-state index in [-0.39, 0.29) is 12.5 Å². The van der Waals surface area contributed by atoms with Gasteiger partial charge in [-0.3, -0.25) is 9.88 Å². The molecule has 1 saturated carbocycles. The Morgan fingerprint density at radius 2 is 2.10 bits per heavy atom. The predicted octanol–water partition coefficient (Wildman–Crippen LogP) is 2.17. The summed E-state index contributed by atoms with van der Waals surface area (Å²) in [4.78, 5) is 19.2. The molecule has 0 bridgehead atoms. The lowest BCUT2D eigenvalue weighted by Gasteiger charge is -2.16. The van der Waals surface area contributed by atoms with E-state index in [1.807, 2.05) is 0 Å². The summed E-state index contributed by atoms with van der Waals surface area (Å²) in [6.07, 6.45) is 1.59. The Balaban J connectivity index is 1.35. The summed E-state index contributed by atoms with van der Waals surface area (Å²) >= 11 is 0. The third kappa shape index (κ3) is 3.39. The van der Waals surface area contributed by atoms with Gasteiger partial charge in [0.15, 0.2) is 0 Å². The number of benzene rings is 1. The summed E-state index contributed by atoms with van der Waals surface area (Å²) in [6.45, 7) is 0.205. The molecule has 1 saturated heterocycles. The SMILES string of the molecule is Cn1nnc(-c2ccc(-c3ccc(N4CC(C(O)C5CC5)OC4=O)cc3F)cn2)n1. The monoisotopic (exact) mass is 410 g/mol. The number of hydrogen-bond acceptors (Lipinski definition) is 7. The zero-order valence-corrected chi connectivity index (χ0v) is 16.1. The van der Waals surface area contributed by atoms with E-state index in [2.05, 4.69) is 20.4 Å². The second kappa shape index (κ2) is 7.13. The molecule has 1 aliphatic carbocycles. The van der Waals surface area contributed by atoms with Crippen molar-refractivity contribution < 1.29 is 19.0 Å². The van der Waals surface area contributed by atoms with Gasteiger partial charge in [0, 0.05) is 17.3 Å². The second-order valence-corrected chi connectivity index (χ2v) is 7.56. The van der Waals surface area contributed by atoms with Gasteiger partial charge < -0.3 is 9.84 Å². The van der Waals surface area contributed by atoms with E-state index in [0.29, 0.717) is 28.3 Å². The number of amides is 1. The smallest absolute Gasteiger partial charge is 0.414 e. The first-order valence-electron chi connectivity index (χ1n) is 9.66. The molecular formula is C20H19FN6O3. The molecule has 5 rings (SSSR count). The van der Waals surface area contributed by atoms with Crippen molar-refractivity contribution in [1.82, 2.24) is 25.2 Å². The predicted molar refractivity (Wildman–Crippen MR) is 104 cm³/mol. The molecule has 2 atom stereocenters. The largest absolute Gasteiger partial charge is 0.441 e. The van der Waals surface area contributed by atoms with Gasteiger partial charge in [-0.25, -0.2) is 9.18 Å². The number of carbonyl (C=O) groups is 1. The number of cyclic esters (lactones) is 1. The maximum Gasteiger partial charge on any atom is 0.414 e. The molecule has 0 spiro atoms. The van der Waals surface area contributed by atoms with E-state index in [9.17, 15) is 14.3 Å². The van der Waals surface area contributed by atoms with Crippen LogP contribution in [0.3, 0.4) is 0 Å². The van der Waals surface area contributed by atoms with Crippen molar-refractivity contribution >= 4 is 11.8 Å². The molecule has 1 N–H and O–H groups in total. The number of halogens is 1. The van der Waals surface area contributed by atoms with Gasteiger partial charge >= 0.3 is 6.09 Å². The number of rotatable bonds is 5. The first kappa shape index (κ1) is 18.6. The van der Waals surface area contributed by atoms with Crippen LogP contribution in [0.15, 0.2) is 36.5 Å². The second-order valence-electron chi connectivity index (χ2n) is 7.56. The zero-order valence-electron chi connectivity index (χ0n) is 16.1. The molecule has 0 radical (unpaired) electrons. The van der Waals surface area contributed by atoms with Crippen LogP contribution >= 0.6 is 0 Å². The van der Waals surface area contributed by atoms with Crippen LogP contribution < -0.4 is 4.90 Å². The van der Waals surface area contributed by atoms with Crippen LogP contribution in [0.25, 0.3) is 22.6 Å².